The van der Waals surface area contributed by atoms with Crippen molar-refractivity contribution in [1.82, 2.24) is 9.97 Å². The highest BCUT2D eigenvalue weighted by Gasteiger charge is 2.17. The van der Waals surface area contributed by atoms with E-state index in [0.29, 0.717) is 13.0 Å². The molecule has 2 N–H and O–H groups in total. The van der Waals surface area contributed by atoms with Gasteiger partial charge in [-0.3, -0.25) is 10.1 Å². The molecule has 0 unspecified atom stereocenters. The number of nitro groups is 1. The first-order chi connectivity index (χ1) is 9.58. The summed E-state index contributed by atoms with van der Waals surface area (Å²) in [5.74, 6) is 0.312. The molecule has 0 fully saturated rings. The van der Waals surface area contributed by atoms with E-state index in [1.807, 2.05) is 0 Å². The number of anilines is 1. The number of hydrogen-bond donors (Lipinski definition) is 2. The molecule has 6 nitrogen and oxygen atoms in total. The maximum atomic E-state index is 13.4. The van der Waals surface area contributed by atoms with E-state index in [4.69, 9.17) is 0 Å². The van der Waals surface area contributed by atoms with Crippen LogP contribution in [0.4, 0.5) is 15.8 Å². The lowest BCUT2D eigenvalue weighted by Crippen LogP contribution is -2.06. The van der Waals surface area contributed by atoms with Crippen molar-refractivity contribution in [1.29, 1.82) is 0 Å². The molecule has 106 valence electrons. The van der Waals surface area contributed by atoms with E-state index in [0.717, 1.165) is 24.4 Å². The lowest BCUT2D eigenvalue weighted by atomic mass is 10.2. The minimum Gasteiger partial charge on any atom is -0.379 e. The number of H-pyrrole nitrogens is 1. The first-order valence-electron chi connectivity index (χ1n) is 5.93. The van der Waals surface area contributed by atoms with Gasteiger partial charge < -0.3 is 10.3 Å². The van der Waals surface area contributed by atoms with Gasteiger partial charge >= 0.3 is 0 Å². The molecule has 2 aromatic rings. The molecule has 1 aromatic carbocycles. The van der Waals surface area contributed by atoms with E-state index < -0.39 is 10.7 Å². The fraction of sp³-hybridized carbons (Fsp3) is 0.250. The Morgan fingerprint density at radius 3 is 2.95 bits per heavy atom. The Kier molecular flexibility index (Phi) is 4.67. The van der Waals surface area contributed by atoms with Gasteiger partial charge in [-0.15, -0.1) is 0 Å². The first-order valence-corrected chi connectivity index (χ1v) is 6.73. The van der Waals surface area contributed by atoms with Gasteiger partial charge in [0, 0.05) is 37.5 Å². The number of halogens is 2. The number of nitrogens with one attached hydrogen (secondary N) is 2. The molecule has 0 saturated heterocycles. The van der Waals surface area contributed by atoms with Crippen molar-refractivity contribution >= 4 is 27.3 Å². The van der Waals surface area contributed by atoms with Crippen LogP contribution in [0.1, 0.15) is 12.2 Å². The third-order valence-corrected chi connectivity index (χ3v) is 3.30. The summed E-state index contributed by atoms with van der Waals surface area (Å²) in [5, 5.41) is 13.8. The van der Waals surface area contributed by atoms with Crippen molar-refractivity contribution in [3.8, 4) is 0 Å². The van der Waals surface area contributed by atoms with Gasteiger partial charge in [-0.25, -0.2) is 9.37 Å². The molecular weight excluding hydrogens is 331 g/mol. The van der Waals surface area contributed by atoms with Gasteiger partial charge in [0.1, 0.15) is 17.3 Å². The molecule has 1 heterocycles. The molecular formula is C12H12BrFN4O2. The Labute approximate surface area is 122 Å². The summed E-state index contributed by atoms with van der Waals surface area (Å²) in [6.07, 6.45) is 4.84. The van der Waals surface area contributed by atoms with Crippen LogP contribution in [0.3, 0.4) is 0 Å². The van der Waals surface area contributed by atoms with Gasteiger partial charge in [0.05, 0.1) is 9.40 Å². The number of imidazole rings is 1. The number of benzene rings is 1. The van der Waals surface area contributed by atoms with Crippen LogP contribution in [-0.4, -0.2) is 21.4 Å². The molecule has 8 heteroatoms. The maximum Gasteiger partial charge on any atom is 0.293 e. The number of nitro benzene ring substituents is 1. The molecule has 0 bridgehead atoms. The second-order valence-electron chi connectivity index (χ2n) is 4.11. The van der Waals surface area contributed by atoms with Crippen LogP contribution < -0.4 is 5.32 Å². The van der Waals surface area contributed by atoms with E-state index in [-0.39, 0.29) is 15.8 Å². The van der Waals surface area contributed by atoms with Gasteiger partial charge in [-0.05, 0) is 22.4 Å². The fourth-order valence-electron chi connectivity index (χ4n) is 1.74. The van der Waals surface area contributed by atoms with Crippen LogP contribution >= 0.6 is 15.9 Å². The zero-order valence-electron chi connectivity index (χ0n) is 10.4. The Balaban J connectivity index is 1.98. The number of nitrogens with zero attached hydrogens (tertiary/aromatic N) is 2. The van der Waals surface area contributed by atoms with E-state index in [9.17, 15) is 14.5 Å². The topological polar surface area (TPSA) is 83.8 Å². The van der Waals surface area contributed by atoms with Crippen molar-refractivity contribution in [2.24, 2.45) is 0 Å². The van der Waals surface area contributed by atoms with E-state index in [1.165, 1.54) is 0 Å². The quantitative estimate of drug-likeness (QED) is 0.479. The Morgan fingerprint density at radius 2 is 2.30 bits per heavy atom. The first kappa shape index (κ1) is 14.4. The smallest absolute Gasteiger partial charge is 0.293 e. The number of aromatic nitrogens is 2. The molecule has 0 atom stereocenters. The monoisotopic (exact) mass is 342 g/mol. The van der Waals surface area contributed by atoms with Crippen LogP contribution in [0.25, 0.3) is 0 Å². The molecule has 0 spiro atoms. The minimum atomic E-state index is -0.543. The van der Waals surface area contributed by atoms with Crippen LogP contribution in [0, 0.1) is 15.9 Å². The summed E-state index contributed by atoms with van der Waals surface area (Å²) >= 11 is 2.94. The summed E-state index contributed by atoms with van der Waals surface area (Å²) in [6, 6.07) is 2.28. The Hall–Kier alpha value is -1.96. The minimum absolute atomic E-state index is 0.0744. The third kappa shape index (κ3) is 3.53. The standard InChI is InChI=1S/C12H12BrFN4O2/c13-8-6-11(18(19)20)10(7-9(8)14)15-3-1-2-12-16-4-5-17-12/h4-7,15H,1-3H2,(H,16,17). The zero-order chi connectivity index (χ0) is 14.5. The predicted octanol–water partition coefficient (Wildman–Crippen LogP) is 3.26. The van der Waals surface area contributed by atoms with Crippen LogP contribution in [-0.2, 0) is 6.42 Å². The van der Waals surface area contributed by atoms with Gasteiger partial charge in [-0.1, -0.05) is 0 Å². The summed E-state index contributed by atoms with van der Waals surface area (Å²) < 4.78 is 13.5. The molecule has 20 heavy (non-hydrogen) atoms. The molecule has 0 radical (unpaired) electrons. The highest BCUT2D eigenvalue weighted by molar-refractivity contribution is 9.10. The van der Waals surface area contributed by atoms with E-state index >= 15 is 0 Å². The Bertz CT molecular complexity index is 604. The van der Waals surface area contributed by atoms with E-state index in [2.05, 4.69) is 31.2 Å². The van der Waals surface area contributed by atoms with Gasteiger partial charge in [0.2, 0.25) is 0 Å². The van der Waals surface area contributed by atoms with Gasteiger partial charge in [0.25, 0.3) is 5.69 Å². The SMILES string of the molecule is O=[N+]([O-])c1cc(Br)c(F)cc1NCCCc1ncc[nH]1. The summed E-state index contributed by atoms with van der Waals surface area (Å²) in [7, 11) is 0. The average Bonchev–Trinajstić information content (AvgIpc) is 2.91. The molecule has 1 aromatic heterocycles. The second kappa shape index (κ2) is 6.47. The number of rotatable bonds is 6. The molecule has 0 amide bonds. The van der Waals surface area contributed by atoms with Crippen molar-refractivity contribution in [2.75, 3.05) is 11.9 Å². The lowest BCUT2D eigenvalue weighted by molar-refractivity contribution is -0.384. The maximum absolute atomic E-state index is 13.4. The van der Waals surface area contributed by atoms with Gasteiger partial charge in [-0.2, -0.15) is 0 Å². The number of aryl methyl sites for hydroxylation is 1. The largest absolute Gasteiger partial charge is 0.379 e. The highest BCUT2D eigenvalue weighted by Crippen LogP contribution is 2.30. The van der Waals surface area contributed by atoms with Crippen LogP contribution in [0.2, 0.25) is 0 Å². The van der Waals surface area contributed by atoms with Gasteiger partial charge in [0.15, 0.2) is 0 Å². The van der Waals surface area contributed by atoms with Crippen LogP contribution in [0.15, 0.2) is 29.0 Å². The summed E-state index contributed by atoms with van der Waals surface area (Å²) in [6.45, 7) is 0.489. The highest BCUT2D eigenvalue weighted by atomic mass is 79.9. The molecule has 0 aliphatic heterocycles. The normalized spacial score (nSPS) is 10.5. The van der Waals surface area contributed by atoms with Crippen molar-refractivity contribution < 1.29 is 9.31 Å². The second-order valence-corrected chi connectivity index (χ2v) is 4.96. The lowest BCUT2D eigenvalue weighted by Gasteiger charge is -2.07. The number of hydrogen-bond acceptors (Lipinski definition) is 4. The van der Waals surface area contributed by atoms with Crippen molar-refractivity contribution in [3.63, 3.8) is 0 Å². The van der Waals surface area contributed by atoms with Crippen molar-refractivity contribution in [2.45, 2.75) is 12.8 Å². The summed E-state index contributed by atoms with van der Waals surface area (Å²) in [4.78, 5) is 17.4. The number of aromatic amines is 1. The van der Waals surface area contributed by atoms with Crippen LogP contribution in [0.5, 0.6) is 0 Å². The predicted molar refractivity (Wildman–Crippen MR) is 76.2 cm³/mol. The third-order valence-electron chi connectivity index (χ3n) is 2.70. The van der Waals surface area contributed by atoms with E-state index in [1.54, 1.807) is 12.4 Å². The molecule has 2 rings (SSSR count). The zero-order valence-corrected chi connectivity index (χ0v) is 12.0. The van der Waals surface area contributed by atoms with Crippen molar-refractivity contribution in [3.05, 3.63) is 50.8 Å². The molecule has 0 aliphatic rings. The molecule has 0 aliphatic carbocycles. The fourth-order valence-corrected chi connectivity index (χ4v) is 2.07. The molecule has 0 saturated carbocycles. The average molecular weight is 343 g/mol. The summed E-state index contributed by atoms with van der Waals surface area (Å²) in [5.41, 5.74) is 0.0198. The Morgan fingerprint density at radius 1 is 1.50 bits per heavy atom.